The van der Waals surface area contributed by atoms with Gasteiger partial charge in [0.2, 0.25) is 0 Å². The van der Waals surface area contributed by atoms with Crippen LogP contribution in [0.5, 0.6) is 0 Å². The van der Waals surface area contributed by atoms with Crippen molar-refractivity contribution < 1.29 is 9.53 Å². The fourth-order valence-corrected chi connectivity index (χ4v) is 3.77. The summed E-state index contributed by atoms with van der Waals surface area (Å²) in [4.78, 5) is 14.6. The van der Waals surface area contributed by atoms with Crippen LogP contribution in [-0.4, -0.2) is 49.7 Å². The van der Waals surface area contributed by atoms with Gasteiger partial charge in [0.25, 0.3) is 5.91 Å². The quantitative estimate of drug-likeness (QED) is 0.749. The Bertz CT molecular complexity index is 325. The van der Waals surface area contributed by atoms with E-state index < -0.39 is 0 Å². The summed E-state index contributed by atoms with van der Waals surface area (Å²) in [5, 5.41) is 3.22. The molecule has 0 bridgehead atoms. The summed E-state index contributed by atoms with van der Waals surface area (Å²) in [6.45, 7) is 4.84. The van der Waals surface area contributed by atoms with E-state index in [0.29, 0.717) is 6.10 Å². The van der Waals surface area contributed by atoms with Crippen molar-refractivity contribution in [2.24, 2.45) is 5.92 Å². The minimum Gasteiger partial charge on any atom is -0.365 e. The number of nitrogens with zero attached hydrogens (tertiary/aromatic N) is 1. The van der Waals surface area contributed by atoms with Gasteiger partial charge in [-0.2, -0.15) is 0 Å². The molecular weight excluding hydrogens is 312 g/mol. The van der Waals surface area contributed by atoms with Crippen LogP contribution in [0.4, 0.5) is 0 Å². The number of likely N-dealkylation sites (tertiary alicyclic amines) is 1. The Morgan fingerprint density at radius 2 is 1.74 bits per heavy atom. The van der Waals surface area contributed by atoms with Gasteiger partial charge in [-0.3, -0.25) is 4.79 Å². The Hall–Kier alpha value is -0.320. The first-order chi connectivity index (χ1) is 10.7. The molecular formula is C18H35ClN2O2. The molecule has 0 aromatic heterocycles. The molecule has 1 saturated carbocycles. The Labute approximate surface area is 148 Å². The first-order valence-corrected chi connectivity index (χ1v) is 9.29. The number of ether oxygens (including phenoxy) is 1. The second-order valence-corrected chi connectivity index (χ2v) is 7.05. The van der Waals surface area contributed by atoms with Gasteiger partial charge in [-0.15, -0.1) is 12.4 Å². The maximum absolute atomic E-state index is 12.6. The van der Waals surface area contributed by atoms with Crippen molar-refractivity contribution in [3.05, 3.63) is 0 Å². The first-order valence-electron chi connectivity index (χ1n) is 9.29. The molecule has 136 valence electrons. The van der Waals surface area contributed by atoms with Crippen LogP contribution in [0.3, 0.4) is 0 Å². The number of halogens is 1. The molecule has 2 rings (SSSR count). The second-order valence-electron chi connectivity index (χ2n) is 7.05. The van der Waals surface area contributed by atoms with Crippen LogP contribution >= 0.6 is 12.4 Å². The summed E-state index contributed by atoms with van der Waals surface area (Å²) in [6, 6.07) is 0. The Morgan fingerprint density at radius 1 is 1.13 bits per heavy atom. The zero-order chi connectivity index (χ0) is 15.8. The molecule has 2 fully saturated rings. The number of nitrogens with one attached hydrogen (secondary N) is 1. The fourth-order valence-electron chi connectivity index (χ4n) is 3.77. The van der Waals surface area contributed by atoms with Crippen LogP contribution in [0, 0.1) is 5.92 Å². The van der Waals surface area contributed by atoms with Gasteiger partial charge >= 0.3 is 0 Å². The van der Waals surface area contributed by atoms with Crippen LogP contribution in [0.25, 0.3) is 0 Å². The van der Waals surface area contributed by atoms with Crippen LogP contribution < -0.4 is 5.32 Å². The van der Waals surface area contributed by atoms with Gasteiger partial charge in [0, 0.05) is 13.1 Å². The minimum absolute atomic E-state index is 0. The lowest BCUT2D eigenvalue weighted by Crippen LogP contribution is -2.45. The number of amides is 1. The molecule has 0 spiro atoms. The largest absolute Gasteiger partial charge is 0.365 e. The fraction of sp³-hybridized carbons (Fsp3) is 0.944. The van der Waals surface area contributed by atoms with Gasteiger partial charge < -0.3 is 15.0 Å². The topological polar surface area (TPSA) is 41.6 Å². The number of piperidine rings is 1. The SMILES string of the molecule is CNCCC1CCN(C(=O)C(C)OC2CCCCCC2)CC1.Cl. The van der Waals surface area contributed by atoms with E-state index >= 15 is 0 Å². The predicted molar refractivity (Wildman–Crippen MR) is 97.1 cm³/mol. The highest BCUT2D eigenvalue weighted by Gasteiger charge is 2.28. The second kappa shape index (κ2) is 11.3. The van der Waals surface area contributed by atoms with Crippen molar-refractivity contribution in [3.63, 3.8) is 0 Å². The lowest BCUT2D eigenvalue weighted by molar-refractivity contribution is -0.148. The maximum Gasteiger partial charge on any atom is 0.251 e. The van der Waals surface area contributed by atoms with Crippen LogP contribution in [0.15, 0.2) is 0 Å². The molecule has 1 unspecified atom stereocenters. The third-order valence-corrected chi connectivity index (χ3v) is 5.28. The highest BCUT2D eigenvalue weighted by Crippen LogP contribution is 2.23. The van der Waals surface area contributed by atoms with Crippen molar-refractivity contribution in [2.45, 2.75) is 76.9 Å². The molecule has 5 heteroatoms. The number of carbonyl (C=O) groups is 1. The van der Waals surface area contributed by atoms with Crippen molar-refractivity contribution in [3.8, 4) is 0 Å². The molecule has 1 atom stereocenters. The lowest BCUT2D eigenvalue weighted by atomic mass is 9.93. The van der Waals surface area contributed by atoms with Crippen molar-refractivity contribution in [1.82, 2.24) is 10.2 Å². The lowest BCUT2D eigenvalue weighted by Gasteiger charge is -2.34. The van der Waals surface area contributed by atoms with Gasteiger partial charge in [-0.05, 0) is 58.5 Å². The van der Waals surface area contributed by atoms with E-state index in [2.05, 4.69) is 5.32 Å². The summed E-state index contributed by atoms with van der Waals surface area (Å²) >= 11 is 0. The van der Waals surface area contributed by atoms with Gasteiger partial charge in [0.1, 0.15) is 6.10 Å². The highest BCUT2D eigenvalue weighted by atomic mass is 35.5. The molecule has 0 aromatic carbocycles. The zero-order valence-corrected chi connectivity index (χ0v) is 15.7. The molecule has 1 aliphatic carbocycles. The average molecular weight is 347 g/mol. The first kappa shape index (κ1) is 20.7. The van der Waals surface area contributed by atoms with E-state index in [1.807, 2.05) is 18.9 Å². The molecule has 1 amide bonds. The molecule has 23 heavy (non-hydrogen) atoms. The van der Waals surface area contributed by atoms with Crippen molar-refractivity contribution >= 4 is 18.3 Å². The van der Waals surface area contributed by atoms with E-state index in [4.69, 9.17) is 4.74 Å². The Balaban J connectivity index is 0.00000264. The number of rotatable bonds is 6. The summed E-state index contributed by atoms with van der Waals surface area (Å²) in [7, 11) is 2.01. The number of hydrogen-bond donors (Lipinski definition) is 1. The number of hydrogen-bond acceptors (Lipinski definition) is 3. The van der Waals surface area contributed by atoms with E-state index in [0.717, 1.165) is 51.2 Å². The Morgan fingerprint density at radius 3 is 2.30 bits per heavy atom. The highest BCUT2D eigenvalue weighted by molar-refractivity contribution is 5.85. The van der Waals surface area contributed by atoms with Gasteiger partial charge in [-0.25, -0.2) is 0 Å². The monoisotopic (exact) mass is 346 g/mol. The zero-order valence-electron chi connectivity index (χ0n) is 14.9. The summed E-state index contributed by atoms with van der Waals surface area (Å²) in [6.07, 6.45) is 11.0. The molecule has 1 N–H and O–H groups in total. The van der Waals surface area contributed by atoms with E-state index in [9.17, 15) is 4.79 Å². The van der Waals surface area contributed by atoms with E-state index in [1.54, 1.807) is 0 Å². The van der Waals surface area contributed by atoms with Crippen LogP contribution in [0.1, 0.15) is 64.7 Å². The molecule has 1 saturated heterocycles. The van der Waals surface area contributed by atoms with Crippen LogP contribution in [-0.2, 0) is 9.53 Å². The normalized spacial score (nSPS) is 22.3. The molecule has 1 aliphatic heterocycles. The van der Waals surface area contributed by atoms with E-state index in [1.165, 1.54) is 32.1 Å². The van der Waals surface area contributed by atoms with E-state index in [-0.39, 0.29) is 24.4 Å². The summed E-state index contributed by atoms with van der Waals surface area (Å²) < 4.78 is 6.08. The van der Waals surface area contributed by atoms with Gasteiger partial charge in [-0.1, -0.05) is 25.7 Å². The van der Waals surface area contributed by atoms with Gasteiger partial charge in [0.05, 0.1) is 6.10 Å². The predicted octanol–water partition coefficient (Wildman–Crippen LogP) is 3.38. The Kier molecular flexibility index (Phi) is 10.2. The molecule has 1 heterocycles. The van der Waals surface area contributed by atoms with Gasteiger partial charge in [0.15, 0.2) is 0 Å². The summed E-state index contributed by atoms with van der Waals surface area (Å²) in [5.74, 6) is 0.978. The molecule has 0 radical (unpaired) electrons. The third kappa shape index (κ3) is 6.98. The third-order valence-electron chi connectivity index (χ3n) is 5.28. The van der Waals surface area contributed by atoms with Crippen LogP contribution in [0.2, 0.25) is 0 Å². The molecule has 0 aromatic rings. The summed E-state index contributed by atoms with van der Waals surface area (Å²) in [5.41, 5.74) is 0. The molecule has 2 aliphatic rings. The molecule has 4 nitrogen and oxygen atoms in total. The minimum atomic E-state index is -0.267. The maximum atomic E-state index is 12.6. The smallest absolute Gasteiger partial charge is 0.251 e. The average Bonchev–Trinajstić information content (AvgIpc) is 2.81. The van der Waals surface area contributed by atoms with Crippen molar-refractivity contribution in [2.75, 3.05) is 26.7 Å². The van der Waals surface area contributed by atoms with Crippen molar-refractivity contribution in [1.29, 1.82) is 0 Å². The number of carbonyl (C=O) groups excluding carboxylic acids is 1. The standard InChI is InChI=1S/C18H34N2O2.ClH/c1-15(22-17-7-5-3-4-6-8-17)18(21)20-13-10-16(11-14-20)9-12-19-2;/h15-17,19H,3-14H2,1-2H3;1H.